The van der Waals surface area contributed by atoms with Crippen LogP contribution in [0.15, 0.2) is 53.9 Å². The maximum absolute atomic E-state index is 13.3. The van der Waals surface area contributed by atoms with Crippen LogP contribution in [0.5, 0.6) is 0 Å². The van der Waals surface area contributed by atoms with Gasteiger partial charge in [0.2, 0.25) is 5.88 Å². The van der Waals surface area contributed by atoms with Gasteiger partial charge in [0.25, 0.3) is 0 Å². The Labute approximate surface area is 160 Å². The average molecular weight is 391 g/mol. The summed E-state index contributed by atoms with van der Waals surface area (Å²) in [4.78, 5) is 13.4. The molecule has 1 unspecified atom stereocenters. The largest absolute Gasteiger partial charge is 0.482 e. The van der Waals surface area contributed by atoms with Crippen molar-refractivity contribution in [3.63, 3.8) is 0 Å². The van der Waals surface area contributed by atoms with E-state index in [4.69, 9.17) is 4.74 Å². The maximum Gasteiger partial charge on any atom is 0.416 e. The van der Waals surface area contributed by atoms with Crippen LogP contribution in [-0.4, -0.2) is 18.2 Å². The molecular weight excluding hydrogens is 371 g/mol. The van der Waals surface area contributed by atoms with Crippen molar-refractivity contribution in [2.24, 2.45) is 0 Å². The number of nitrogens with zero attached hydrogens (tertiary/aromatic N) is 1. The van der Waals surface area contributed by atoms with Crippen molar-refractivity contribution in [3.05, 3.63) is 76.2 Å². The summed E-state index contributed by atoms with van der Waals surface area (Å²) in [7, 11) is 1.33. The van der Waals surface area contributed by atoms with E-state index in [1.165, 1.54) is 18.1 Å². The third-order valence-corrected chi connectivity index (χ3v) is 4.87. The van der Waals surface area contributed by atoms with Gasteiger partial charge >= 0.3 is 12.1 Å². The zero-order chi connectivity index (χ0) is 20.6. The van der Waals surface area contributed by atoms with Gasteiger partial charge in [0.05, 0.1) is 19.2 Å². The normalized spacial score (nSPS) is 16.8. The molecule has 148 valence electrons. The minimum absolute atomic E-state index is 0.0161. The van der Waals surface area contributed by atoms with Crippen LogP contribution in [0.25, 0.3) is 0 Å². The van der Waals surface area contributed by atoms with E-state index in [-0.39, 0.29) is 18.0 Å². The van der Waals surface area contributed by atoms with Crippen LogP contribution < -0.4 is 4.90 Å². The number of benzene rings is 2. The Kier molecular flexibility index (Phi) is 5.10. The van der Waals surface area contributed by atoms with Crippen LogP contribution >= 0.6 is 0 Å². The lowest BCUT2D eigenvalue weighted by atomic mass is 9.87. The summed E-state index contributed by atoms with van der Waals surface area (Å²) in [6, 6.07) is 10.9. The lowest BCUT2D eigenvalue weighted by molar-refractivity contribution is -0.137. The first kappa shape index (κ1) is 19.8. The maximum atomic E-state index is 13.3. The SMILES string of the molecule is COC1=C(C(=O)O)C(C)c2ccc(C(F)(F)F)cc2N1Cc1cccc(C)c1. The van der Waals surface area contributed by atoms with Gasteiger partial charge in [-0.25, -0.2) is 4.79 Å². The Morgan fingerprint density at radius 1 is 1.21 bits per heavy atom. The highest BCUT2D eigenvalue weighted by atomic mass is 19.4. The number of ether oxygens (including phenoxy) is 1. The number of methoxy groups -OCH3 is 1. The fourth-order valence-electron chi connectivity index (χ4n) is 3.56. The van der Waals surface area contributed by atoms with Crippen LogP contribution in [0.1, 0.15) is 35.1 Å². The molecule has 1 heterocycles. The number of aliphatic carboxylic acids is 1. The molecule has 1 atom stereocenters. The van der Waals surface area contributed by atoms with Gasteiger partial charge in [-0.2, -0.15) is 13.2 Å². The molecule has 28 heavy (non-hydrogen) atoms. The summed E-state index contributed by atoms with van der Waals surface area (Å²) in [5.41, 5.74) is 1.86. The summed E-state index contributed by atoms with van der Waals surface area (Å²) in [6.45, 7) is 3.74. The van der Waals surface area contributed by atoms with Crippen LogP contribution in [0.3, 0.4) is 0 Å². The first-order valence-electron chi connectivity index (χ1n) is 8.69. The summed E-state index contributed by atoms with van der Waals surface area (Å²) >= 11 is 0. The predicted molar refractivity (Wildman–Crippen MR) is 98.9 cm³/mol. The average Bonchev–Trinajstić information content (AvgIpc) is 2.62. The van der Waals surface area contributed by atoms with Gasteiger partial charge in [0.1, 0.15) is 5.57 Å². The molecule has 1 aliphatic heterocycles. The molecule has 0 spiro atoms. The summed E-state index contributed by atoms with van der Waals surface area (Å²) in [6.07, 6.45) is -4.50. The summed E-state index contributed by atoms with van der Waals surface area (Å²) in [5, 5.41) is 9.70. The monoisotopic (exact) mass is 391 g/mol. The Balaban J connectivity index is 2.21. The number of hydrogen-bond donors (Lipinski definition) is 1. The number of carboxylic acids is 1. The molecule has 2 aromatic rings. The van der Waals surface area contributed by atoms with Gasteiger partial charge in [-0.05, 0) is 30.2 Å². The highest BCUT2D eigenvalue weighted by Crippen LogP contribution is 2.44. The van der Waals surface area contributed by atoms with Gasteiger partial charge in [-0.3, -0.25) is 0 Å². The molecule has 1 aliphatic rings. The summed E-state index contributed by atoms with van der Waals surface area (Å²) < 4.78 is 45.2. The van der Waals surface area contributed by atoms with E-state index in [2.05, 4.69) is 0 Å². The van der Waals surface area contributed by atoms with E-state index in [1.807, 2.05) is 31.2 Å². The van der Waals surface area contributed by atoms with Gasteiger partial charge < -0.3 is 14.7 Å². The lowest BCUT2D eigenvalue weighted by Gasteiger charge is -2.36. The smallest absolute Gasteiger partial charge is 0.416 e. The van der Waals surface area contributed by atoms with Crippen LogP contribution in [-0.2, 0) is 22.3 Å². The van der Waals surface area contributed by atoms with E-state index in [0.29, 0.717) is 11.3 Å². The Hall–Kier alpha value is -2.96. The van der Waals surface area contributed by atoms with Crippen LogP contribution in [0, 0.1) is 6.92 Å². The fourth-order valence-corrected chi connectivity index (χ4v) is 3.56. The molecule has 2 aromatic carbocycles. The Morgan fingerprint density at radius 3 is 2.50 bits per heavy atom. The molecule has 7 heteroatoms. The highest BCUT2D eigenvalue weighted by Gasteiger charge is 2.38. The van der Waals surface area contributed by atoms with Crippen molar-refractivity contribution in [2.75, 3.05) is 12.0 Å². The molecule has 0 fully saturated rings. The first-order valence-corrected chi connectivity index (χ1v) is 8.69. The molecule has 0 aromatic heterocycles. The lowest BCUT2D eigenvalue weighted by Crippen LogP contribution is -2.33. The van der Waals surface area contributed by atoms with E-state index in [1.54, 1.807) is 6.92 Å². The Morgan fingerprint density at radius 2 is 1.93 bits per heavy atom. The number of hydrogen-bond acceptors (Lipinski definition) is 3. The zero-order valence-electron chi connectivity index (χ0n) is 15.7. The molecule has 0 radical (unpaired) electrons. The third kappa shape index (κ3) is 3.56. The molecule has 4 nitrogen and oxygen atoms in total. The number of aryl methyl sites for hydroxylation is 1. The van der Waals surface area contributed by atoms with E-state index in [9.17, 15) is 23.1 Å². The second-order valence-corrected chi connectivity index (χ2v) is 6.80. The standard InChI is InChI=1S/C21H20F3NO3/c1-12-5-4-6-14(9-12)11-25-17-10-15(21(22,23)24)7-8-16(17)13(2)18(20(26)27)19(25)28-3/h4-10,13H,11H2,1-3H3,(H,26,27). The number of fused-ring (bicyclic) bond motifs is 1. The van der Waals surface area contributed by atoms with E-state index in [0.717, 1.165) is 23.3 Å². The van der Waals surface area contributed by atoms with E-state index >= 15 is 0 Å². The first-order chi connectivity index (χ1) is 13.1. The molecule has 0 saturated carbocycles. The van der Waals surface area contributed by atoms with E-state index < -0.39 is 23.6 Å². The molecule has 0 aliphatic carbocycles. The van der Waals surface area contributed by atoms with Crippen molar-refractivity contribution in [2.45, 2.75) is 32.5 Å². The van der Waals surface area contributed by atoms with Crippen LogP contribution in [0.4, 0.5) is 18.9 Å². The number of carboxylic acid groups (broad SMARTS) is 1. The summed E-state index contributed by atoms with van der Waals surface area (Å²) in [5.74, 6) is -1.73. The number of halogens is 3. The van der Waals surface area contributed by atoms with Gasteiger partial charge in [-0.1, -0.05) is 42.8 Å². The van der Waals surface area contributed by atoms with Gasteiger partial charge in [0, 0.05) is 11.6 Å². The van der Waals surface area contributed by atoms with Crippen molar-refractivity contribution >= 4 is 11.7 Å². The highest BCUT2D eigenvalue weighted by molar-refractivity contribution is 5.92. The Bertz CT molecular complexity index is 950. The number of rotatable bonds is 4. The molecule has 1 N–H and O–H groups in total. The molecule has 3 rings (SSSR count). The third-order valence-electron chi connectivity index (χ3n) is 4.87. The quantitative estimate of drug-likeness (QED) is 0.790. The van der Waals surface area contributed by atoms with Gasteiger partial charge in [-0.15, -0.1) is 0 Å². The minimum Gasteiger partial charge on any atom is -0.482 e. The topological polar surface area (TPSA) is 49.8 Å². The van der Waals surface area contributed by atoms with Gasteiger partial charge in [0.15, 0.2) is 0 Å². The second kappa shape index (κ2) is 7.22. The van der Waals surface area contributed by atoms with Crippen LogP contribution in [0.2, 0.25) is 0 Å². The number of alkyl halides is 3. The molecule has 0 amide bonds. The number of anilines is 1. The zero-order valence-corrected chi connectivity index (χ0v) is 15.7. The molecule has 0 bridgehead atoms. The fraction of sp³-hybridized carbons (Fsp3) is 0.286. The van der Waals surface area contributed by atoms with Crippen molar-refractivity contribution < 1.29 is 27.8 Å². The minimum atomic E-state index is -4.50. The van der Waals surface area contributed by atoms with Crippen molar-refractivity contribution in [1.29, 1.82) is 0 Å². The van der Waals surface area contributed by atoms with Crippen molar-refractivity contribution in [1.82, 2.24) is 0 Å². The molecule has 0 saturated heterocycles. The number of carbonyl (C=O) groups is 1. The second-order valence-electron chi connectivity index (χ2n) is 6.80. The molecular formula is C21H20F3NO3. The van der Waals surface area contributed by atoms with Crippen molar-refractivity contribution in [3.8, 4) is 0 Å². The predicted octanol–water partition coefficient (Wildman–Crippen LogP) is 5.08.